The number of fused-ring (bicyclic) bond motifs is 1. The van der Waals surface area contributed by atoms with Gasteiger partial charge in [0.1, 0.15) is 18.0 Å². The number of furan rings is 1. The summed E-state index contributed by atoms with van der Waals surface area (Å²) >= 11 is 0. The number of aryl methyl sites for hydroxylation is 1. The number of aromatic nitrogens is 1. The molecule has 30 heavy (non-hydrogen) atoms. The average molecular weight is 405 g/mol. The Morgan fingerprint density at radius 2 is 1.67 bits per heavy atom. The zero-order chi connectivity index (χ0) is 21.1. The van der Waals surface area contributed by atoms with Gasteiger partial charge >= 0.3 is 11.9 Å². The van der Waals surface area contributed by atoms with Crippen molar-refractivity contribution in [2.45, 2.75) is 20.5 Å². The van der Waals surface area contributed by atoms with Crippen molar-refractivity contribution in [1.29, 1.82) is 0 Å². The molecule has 152 valence electrons. The smallest absolute Gasteiger partial charge is 0.374 e. The van der Waals surface area contributed by atoms with Crippen molar-refractivity contribution >= 4 is 22.9 Å². The standard InChI is InChI=1S/C23H19NO6/c1-3-27-23(26)20-17(16-11-7-8-12-18(16)30-20)13-28-22(25)19-14(2)29-21(24-19)15-9-5-4-6-10-15/h4-12H,3,13H2,1-2H3. The highest BCUT2D eigenvalue weighted by molar-refractivity contribution is 5.96. The Morgan fingerprint density at radius 1 is 0.933 bits per heavy atom. The molecule has 7 nitrogen and oxygen atoms in total. The molecule has 0 atom stereocenters. The van der Waals surface area contributed by atoms with Crippen LogP contribution in [0.25, 0.3) is 22.4 Å². The van der Waals surface area contributed by atoms with Gasteiger partial charge in [-0.05, 0) is 32.0 Å². The number of para-hydroxylation sites is 1. The molecule has 0 radical (unpaired) electrons. The number of hydrogen-bond donors (Lipinski definition) is 0. The van der Waals surface area contributed by atoms with Crippen molar-refractivity contribution in [2.75, 3.05) is 6.61 Å². The Hall–Kier alpha value is -3.87. The van der Waals surface area contributed by atoms with Crippen molar-refractivity contribution in [3.63, 3.8) is 0 Å². The van der Waals surface area contributed by atoms with Crippen LogP contribution in [-0.4, -0.2) is 23.5 Å². The van der Waals surface area contributed by atoms with E-state index in [9.17, 15) is 9.59 Å². The summed E-state index contributed by atoms with van der Waals surface area (Å²) in [6.45, 7) is 3.39. The molecule has 0 N–H and O–H groups in total. The average Bonchev–Trinajstić information content (AvgIpc) is 3.34. The molecule has 7 heteroatoms. The predicted molar refractivity (Wildman–Crippen MR) is 108 cm³/mol. The lowest BCUT2D eigenvalue weighted by molar-refractivity contribution is 0.0430. The van der Waals surface area contributed by atoms with Gasteiger partial charge in [0.25, 0.3) is 0 Å². The summed E-state index contributed by atoms with van der Waals surface area (Å²) in [6.07, 6.45) is 0. The van der Waals surface area contributed by atoms with E-state index in [0.717, 1.165) is 5.56 Å². The molecule has 0 bridgehead atoms. The van der Waals surface area contributed by atoms with Crippen molar-refractivity contribution in [1.82, 2.24) is 4.98 Å². The van der Waals surface area contributed by atoms with Crippen molar-refractivity contribution in [2.24, 2.45) is 0 Å². The molecule has 0 amide bonds. The number of nitrogens with zero attached hydrogens (tertiary/aromatic N) is 1. The van der Waals surface area contributed by atoms with Crippen LogP contribution in [0, 0.1) is 6.92 Å². The zero-order valence-electron chi connectivity index (χ0n) is 16.5. The largest absolute Gasteiger partial charge is 0.460 e. The van der Waals surface area contributed by atoms with E-state index in [1.807, 2.05) is 36.4 Å². The minimum absolute atomic E-state index is 0.0210. The molecule has 0 aliphatic heterocycles. The Kier molecular flexibility index (Phi) is 5.34. The third kappa shape index (κ3) is 3.69. The molecule has 0 unspecified atom stereocenters. The maximum absolute atomic E-state index is 12.7. The summed E-state index contributed by atoms with van der Waals surface area (Å²) in [5.41, 5.74) is 1.79. The van der Waals surface area contributed by atoms with Crippen LogP contribution in [0.5, 0.6) is 0 Å². The number of carbonyl (C=O) groups excluding carboxylic acids is 2. The third-order valence-electron chi connectivity index (χ3n) is 4.52. The van der Waals surface area contributed by atoms with Gasteiger partial charge in [-0.1, -0.05) is 36.4 Å². The second kappa shape index (κ2) is 8.24. The van der Waals surface area contributed by atoms with Gasteiger partial charge in [-0.2, -0.15) is 0 Å². The molecular formula is C23H19NO6. The molecule has 0 saturated carbocycles. The highest BCUT2D eigenvalue weighted by atomic mass is 16.5. The lowest BCUT2D eigenvalue weighted by Gasteiger charge is -2.04. The number of rotatable bonds is 6. The second-order valence-corrected chi connectivity index (χ2v) is 6.49. The van der Waals surface area contributed by atoms with Crippen LogP contribution in [0.2, 0.25) is 0 Å². The lowest BCUT2D eigenvalue weighted by Crippen LogP contribution is -2.10. The van der Waals surface area contributed by atoms with Crippen LogP contribution in [-0.2, 0) is 16.1 Å². The van der Waals surface area contributed by atoms with Crippen molar-refractivity contribution < 1.29 is 27.9 Å². The molecule has 0 spiro atoms. The van der Waals surface area contributed by atoms with Crippen LogP contribution >= 0.6 is 0 Å². The normalized spacial score (nSPS) is 10.9. The van der Waals surface area contributed by atoms with Crippen LogP contribution < -0.4 is 0 Å². The minimum atomic E-state index is -0.654. The first-order valence-corrected chi connectivity index (χ1v) is 9.46. The molecule has 0 saturated heterocycles. The quantitative estimate of drug-likeness (QED) is 0.420. The summed E-state index contributed by atoms with van der Waals surface area (Å²) in [6, 6.07) is 16.4. The lowest BCUT2D eigenvalue weighted by atomic mass is 10.1. The summed E-state index contributed by atoms with van der Waals surface area (Å²) < 4.78 is 21.8. The van der Waals surface area contributed by atoms with E-state index in [0.29, 0.717) is 28.2 Å². The van der Waals surface area contributed by atoms with Crippen LogP contribution in [0.15, 0.2) is 63.4 Å². The predicted octanol–water partition coefficient (Wildman–Crippen LogP) is 4.93. The Morgan fingerprint density at radius 3 is 2.43 bits per heavy atom. The fourth-order valence-corrected chi connectivity index (χ4v) is 3.10. The maximum atomic E-state index is 12.7. The molecule has 0 aliphatic rings. The molecule has 0 aliphatic carbocycles. The molecule has 2 aromatic carbocycles. The first-order valence-electron chi connectivity index (χ1n) is 9.46. The monoisotopic (exact) mass is 405 g/mol. The third-order valence-corrected chi connectivity index (χ3v) is 4.52. The molecule has 4 aromatic rings. The second-order valence-electron chi connectivity index (χ2n) is 6.49. The number of ether oxygens (including phenoxy) is 2. The Labute approximate surface area is 172 Å². The van der Waals surface area contributed by atoms with E-state index < -0.39 is 11.9 Å². The van der Waals surface area contributed by atoms with Crippen LogP contribution in [0.4, 0.5) is 0 Å². The maximum Gasteiger partial charge on any atom is 0.374 e. The molecule has 2 heterocycles. The topological polar surface area (TPSA) is 91.8 Å². The van der Waals surface area contributed by atoms with Gasteiger partial charge in [-0.25, -0.2) is 14.6 Å². The highest BCUT2D eigenvalue weighted by Gasteiger charge is 2.25. The van der Waals surface area contributed by atoms with Gasteiger partial charge in [-0.15, -0.1) is 0 Å². The van der Waals surface area contributed by atoms with E-state index in [2.05, 4.69) is 4.98 Å². The first-order chi connectivity index (χ1) is 14.6. The number of carbonyl (C=O) groups is 2. The van der Waals surface area contributed by atoms with Gasteiger partial charge in [-0.3, -0.25) is 0 Å². The molecular weight excluding hydrogens is 386 g/mol. The SMILES string of the molecule is CCOC(=O)c1oc2ccccc2c1COC(=O)c1nc(-c2ccccc2)oc1C. The molecule has 4 rings (SSSR count). The van der Waals surface area contributed by atoms with Gasteiger partial charge in [0.05, 0.1) is 12.2 Å². The summed E-state index contributed by atoms with van der Waals surface area (Å²) in [5, 5.41) is 0.676. The highest BCUT2D eigenvalue weighted by Crippen LogP contribution is 2.28. The van der Waals surface area contributed by atoms with Gasteiger partial charge < -0.3 is 18.3 Å². The summed E-state index contributed by atoms with van der Waals surface area (Å²) in [5.74, 6) is -0.558. The number of oxazole rings is 1. The summed E-state index contributed by atoms with van der Waals surface area (Å²) in [4.78, 5) is 29.2. The van der Waals surface area contributed by atoms with Gasteiger partial charge in [0.15, 0.2) is 5.69 Å². The minimum Gasteiger partial charge on any atom is -0.460 e. The van der Waals surface area contributed by atoms with E-state index >= 15 is 0 Å². The zero-order valence-corrected chi connectivity index (χ0v) is 16.5. The van der Waals surface area contributed by atoms with Gasteiger partial charge in [0.2, 0.25) is 11.7 Å². The number of esters is 2. The molecule has 2 aromatic heterocycles. The number of benzene rings is 2. The van der Waals surface area contributed by atoms with E-state index in [-0.39, 0.29) is 24.7 Å². The van der Waals surface area contributed by atoms with Crippen molar-refractivity contribution in [3.8, 4) is 11.5 Å². The van der Waals surface area contributed by atoms with Crippen LogP contribution in [0.3, 0.4) is 0 Å². The number of hydrogen-bond acceptors (Lipinski definition) is 7. The van der Waals surface area contributed by atoms with E-state index in [4.69, 9.17) is 18.3 Å². The Bertz CT molecular complexity index is 1210. The van der Waals surface area contributed by atoms with E-state index in [1.165, 1.54) is 0 Å². The fraction of sp³-hybridized carbons (Fsp3) is 0.174. The molecule has 0 fully saturated rings. The Balaban J connectivity index is 1.59. The summed E-state index contributed by atoms with van der Waals surface area (Å²) in [7, 11) is 0. The first kappa shape index (κ1) is 19.4. The van der Waals surface area contributed by atoms with Crippen molar-refractivity contribution in [3.05, 3.63) is 77.4 Å². The van der Waals surface area contributed by atoms with E-state index in [1.54, 1.807) is 32.0 Å². The van der Waals surface area contributed by atoms with Crippen LogP contribution in [0.1, 0.15) is 39.3 Å². The van der Waals surface area contributed by atoms with Gasteiger partial charge in [0, 0.05) is 10.9 Å². The fourth-order valence-electron chi connectivity index (χ4n) is 3.10.